The molecule has 6 nitrogen and oxygen atoms in total. The first-order valence-electron chi connectivity index (χ1n) is 18.0. The number of nitrogens with one attached hydrogen (secondary N) is 2. The average Bonchev–Trinajstić information content (AvgIpc) is 3.75. The molecule has 5 aromatic heterocycles. The topological polar surface area (TPSA) is 75.6 Å². The first-order valence-corrected chi connectivity index (χ1v) is 18.8. The fraction of sp³-hybridized carbons (Fsp3) is 0. The standard InChI is InChI=1S/C48H34N6S/c1-3-41(31-51-23-1)53-45-29-39(35-9-5-33(6-10-35)37-19-25-49-26-20-37)13-15-43(45)47-17-18-48(55-47)44-16-14-40(30-46(44)54-42-4-2-24-52-32-42)36-11-7-34(8-12-36)38-21-27-50-28-22-38/h1-32,53-54H. The molecule has 0 unspecified atom stereocenters. The van der Waals surface area contributed by atoms with Crippen molar-refractivity contribution in [3.63, 3.8) is 0 Å². The molecule has 0 atom stereocenters. The lowest BCUT2D eigenvalue weighted by molar-refractivity contribution is 1.32. The molecular weight excluding hydrogens is 693 g/mol. The first-order chi connectivity index (χ1) is 27.2. The maximum atomic E-state index is 4.36. The highest BCUT2D eigenvalue weighted by molar-refractivity contribution is 7.19. The second-order valence-corrected chi connectivity index (χ2v) is 14.1. The predicted octanol–water partition coefficient (Wildman–Crippen LogP) is 12.8. The van der Waals surface area contributed by atoms with Crippen LogP contribution in [-0.2, 0) is 0 Å². The summed E-state index contributed by atoms with van der Waals surface area (Å²) < 4.78 is 0. The Morgan fingerprint density at radius 2 is 0.691 bits per heavy atom. The summed E-state index contributed by atoms with van der Waals surface area (Å²) in [6.45, 7) is 0. The molecule has 55 heavy (non-hydrogen) atoms. The Balaban J connectivity index is 1.06. The van der Waals surface area contributed by atoms with E-state index in [9.17, 15) is 0 Å². The largest absolute Gasteiger partial charge is 0.354 e. The van der Waals surface area contributed by atoms with Gasteiger partial charge in [0.1, 0.15) is 0 Å². The van der Waals surface area contributed by atoms with Crippen LogP contribution in [0.15, 0.2) is 195 Å². The van der Waals surface area contributed by atoms with Crippen molar-refractivity contribution in [1.82, 2.24) is 19.9 Å². The van der Waals surface area contributed by atoms with Crippen molar-refractivity contribution in [2.45, 2.75) is 0 Å². The Morgan fingerprint density at radius 1 is 0.327 bits per heavy atom. The van der Waals surface area contributed by atoms with Crippen molar-refractivity contribution in [1.29, 1.82) is 0 Å². The minimum absolute atomic E-state index is 0.929. The summed E-state index contributed by atoms with van der Waals surface area (Å²) in [4.78, 5) is 19.4. The molecule has 0 saturated carbocycles. The summed E-state index contributed by atoms with van der Waals surface area (Å²) in [6.07, 6.45) is 14.6. The molecule has 262 valence electrons. The molecule has 0 amide bonds. The molecule has 7 heteroatoms. The Labute approximate surface area is 324 Å². The van der Waals surface area contributed by atoms with Gasteiger partial charge in [0.2, 0.25) is 0 Å². The van der Waals surface area contributed by atoms with E-state index in [1.54, 1.807) is 23.7 Å². The fourth-order valence-electron chi connectivity index (χ4n) is 6.69. The maximum absolute atomic E-state index is 4.36. The van der Waals surface area contributed by atoms with E-state index in [-0.39, 0.29) is 0 Å². The molecule has 0 aliphatic carbocycles. The summed E-state index contributed by atoms with van der Waals surface area (Å²) in [5.74, 6) is 0. The number of nitrogens with zero attached hydrogens (tertiary/aromatic N) is 4. The monoisotopic (exact) mass is 726 g/mol. The van der Waals surface area contributed by atoms with Crippen LogP contribution >= 0.6 is 11.3 Å². The Bertz CT molecular complexity index is 2480. The van der Waals surface area contributed by atoms with Crippen molar-refractivity contribution in [3.05, 3.63) is 195 Å². The Morgan fingerprint density at radius 3 is 1.07 bits per heavy atom. The van der Waals surface area contributed by atoms with Gasteiger partial charge in [-0.2, -0.15) is 0 Å². The maximum Gasteiger partial charge on any atom is 0.0570 e. The molecule has 0 bridgehead atoms. The number of hydrogen-bond donors (Lipinski definition) is 2. The minimum atomic E-state index is 0.929. The molecule has 0 aliphatic rings. The lowest BCUT2D eigenvalue weighted by Crippen LogP contribution is -1.94. The van der Waals surface area contributed by atoms with Crippen LogP contribution in [0, 0.1) is 0 Å². The van der Waals surface area contributed by atoms with E-state index in [1.165, 1.54) is 0 Å². The number of anilines is 4. The van der Waals surface area contributed by atoms with Gasteiger partial charge in [0.05, 0.1) is 23.8 Å². The highest BCUT2D eigenvalue weighted by Gasteiger charge is 2.15. The molecule has 0 aliphatic heterocycles. The van der Waals surface area contributed by atoms with Crippen molar-refractivity contribution >= 4 is 34.1 Å². The molecule has 5 heterocycles. The van der Waals surface area contributed by atoms with Gasteiger partial charge >= 0.3 is 0 Å². The van der Waals surface area contributed by atoms with Gasteiger partial charge < -0.3 is 10.6 Å². The Kier molecular flexibility index (Phi) is 9.41. The molecule has 9 aromatic rings. The van der Waals surface area contributed by atoms with Gasteiger partial charge in [-0.3, -0.25) is 19.9 Å². The molecule has 0 fully saturated rings. The van der Waals surface area contributed by atoms with E-state index < -0.39 is 0 Å². The van der Waals surface area contributed by atoms with Gasteiger partial charge in [-0.15, -0.1) is 11.3 Å². The lowest BCUT2D eigenvalue weighted by Gasteiger charge is -2.15. The van der Waals surface area contributed by atoms with Crippen molar-refractivity contribution in [2.24, 2.45) is 0 Å². The lowest BCUT2D eigenvalue weighted by atomic mass is 9.98. The first kappa shape index (κ1) is 33.6. The van der Waals surface area contributed by atoms with Gasteiger partial charge in [0, 0.05) is 69.4 Å². The van der Waals surface area contributed by atoms with Gasteiger partial charge in [-0.1, -0.05) is 72.8 Å². The Hall–Kier alpha value is -7.22. The van der Waals surface area contributed by atoms with E-state index >= 15 is 0 Å². The zero-order chi connectivity index (χ0) is 36.8. The summed E-state index contributed by atoms with van der Waals surface area (Å²) in [6, 6.07) is 51.2. The summed E-state index contributed by atoms with van der Waals surface area (Å²) in [5.41, 5.74) is 15.3. The molecule has 4 aromatic carbocycles. The number of hydrogen-bond acceptors (Lipinski definition) is 7. The number of rotatable bonds is 10. The molecule has 0 spiro atoms. The predicted molar refractivity (Wildman–Crippen MR) is 228 cm³/mol. The molecular formula is C48H34N6S. The van der Waals surface area contributed by atoms with Gasteiger partial charge in [-0.05, 0) is 117 Å². The van der Waals surface area contributed by atoms with Crippen LogP contribution in [0.4, 0.5) is 22.7 Å². The number of aromatic nitrogens is 4. The van der Waals surface area contributed by atoms with Gasteiger partial charge in [0.25, 0.3) is 0 Å². The van der Waals surface area contributed by atoms with Crippen LogP contribution in [0.1, 0.15) is 0 Å². The van der Waals surface area contributed by atoms with Crippen LogP contribution in [0.3, 0.4) is 0 Å². The second kappa shape index (κ2) is 15.4. The zero-order valence-electron chi connectivity index (χ0n) is 29.7. The van der Waals surface area contributed by atoms with Crippen molar-refractivity contribution in [2.75, 3.05) is 10.6 Å². The van der Waals surface area contributed by atoms with E-state index in [2.05, 4.69) is 128 Å². The van der Waals surface area contributed by atoms with E-state index in [0.717, 1.165) is 88.1 Å². The third-order valence-electron chi connectivity index (χ3n) is 9.52. The zero-order valence-corrected chi connectivity index (χ0v) is 30.5. The van der Waals surface area contributed by atoms with Crippen molar-refractivity contribution in [3.8, 4) is 65.4 Å². The number of benzene rings is 4. The fourth-order valence-corrected chi connectivity index (χ4v) is 7.78. The molecule has 0 saturated heterocycles. The van der Waals surface area contributed by atoms with Gasteiger partial charge in [-0.25, -0.2) is 0 Å². The van der Waals surface area contributed by atoms with Crippen molar-refractivity contribution < 1.29 is 0 Å². The van der Waals surface area contributed by atoms with Crippen LogP contribution in [0.2, 0.25) is 0 Å². The second-order valence-electron chi connectivity index (χ2n) is 13.0. The number of thiophene rings is 1. The quantitative estimate of drug-likeness (QED) is 0.146. The van der Waals surface area contributed by atoms with E-state index in [0.29, 0.717) is 0 Å². The SMILES string of the molecule is c1cncc(Nc2cc(-c3ccc(-c4ccncc4)cc3)ccc2-c2ccc(-c3ccc(-c4ccc(-c5ccncc5)cc4)cc3Nc3cccnc3)s2)c1. The third kappa shape index (κ3) is 7.51. The minimum Gasteiger partial charge on any atom is -0.354 e. The summed E-state index contributed by atoms with van der Waals surface area (Å²) in [7, 11) is 0. The molecule has 0 radical (unpaired) electrons. The smallest absolute Gasteiger partial charge is 0.0570 e. The van der Waals surface area contributed by atoms with E-state index in [1.807, 2.05) is 85.7 Å². The molecule has 2 N–H and O–H groups in total. The van der Waals surface area contributed by atoms with Crippen LogP contribution in [0.25, 0.3) is 65.4 Å². The number of pyridine rings is 4. The highest BCUT2D eigenvalue weighted by atomic mass is 32.1. The van der Waals surface area contributed by atoms with Crippen LogP contribution in [-0.4, -0.2) is 19.9 Å². The molecule has 9 rings (SSSR count). The highest BCUT2D eigenvalue weighted by Crippen LogP contribution is 2.43. The summed E-state index contributed by atoms with van der Waals surface area (Å²) >= 11 is 1.77. The van der Waals surface area contributed by atoms with E-state index in [4.69, 9.17) is 0 Å². The normalized spacial score (nSPS) is 10.9. The average molecular weight is 727 g/mol. The third-order valence-corrected chi connectivity index (χ3v) is 10.7. The summed E-state index contributed by atoms with van der Waals surface area (Å²) in [5, 5.41) is 7.33. The van der Waals surface area contributed by atoms with Crippen LogP contribution in [0.5, 0.6) is 0 Å². The van der Waals surface area contributed by atoms with Gasteiger partial charge in [0.15, 0.2) is 0 Å². The van der Waals surface area contributed by atoms with Crippen LogP contribution < -0.4 is 10.6 Å².